The minimum atomic E-state index is -1.35. The average molecular weight is 505 g/mol. The van der Waals surface area contributed by atoms with Crippen molar-refractivity contribution >= 4 is 11.8 Å². The Morgan fingerprint density at radius 2 is 1.65 bits per heavy atom. The molecular formula is C26H20FN3O7. The number of rotatable bonds is 7. The number of ether oxygens (including phenoxy) is 1. The Morgan fingerprint density at radius 3 is 2.27 bits per heavy atom. The highest BCUT2D eigenvalue weighted by atomic mass is 19.1. The molecule has 0 bridgehead atoms. The second kappa shape index (κ2) is 9.90. The number of halogens is 1. The summed E-state index contributed by atoms with van der Waals surface area (Å²) in [7, 11) is 0. The maximum absolute atomic E-state index is 13.2. The molecule has 0 saturated carbocycles. The molecule has 0 atom stereocenters. The van der Waals surface area contributed by atoms with Crippen LogP contribution < -0.4 is 16.0 Å². The third kappa shape index (κ3) is 5.15. The number of aliphatic carboxylic acids is 1. The first-order valence-electron chi connectivity index (χ1n) is 10.9. The van der Waals surface area contributed by atoms with Crippen molar-refractivity contribution in [3.63, 3.8) is 0 Å². The number of phenolic OH excluding ortho intramolecular Hbond substituents is 1. The topological polar surface area (TPSA) is 141 Å². The third-order valence-electron chi connectivity index (χ3n) is 5.48. The molecule has 4 rings (SSSR count). The number of phenols is 1. The van der Waals surface area contributed by atoms with Gasteiger partial charge in [0.15, 0.2) is 5.78 Å². The van der Waals surface area contributed by atoms with Crippen LogP contribution in [-0.2, 0) is 11.3 Å². The maximum Gasteiger partial charge on any atom is 0.352 e. The normalized spacial score (nSPS) is 10.8. The van der Waals surface area contributed by atoms with Crippen molar-refractivity contribution < 1.29 is 28.9 Å². The van der Waals surface area contributed by atoms with E-state index in [9.17, 15) is 28.7 Å². The van der Waals surface area contributed by atoms with Crippen LogP contribution in [0.1, 0.15) is 27.0 Å². The lowest BCUT2D eigenvalue weighted by Crippen LogP contribution is -2.41. The lowest BCUT2D eigenvalue weighted by molar-refractivity contribution is -0.137. The Kier molecular flexibility index (Phi) is 6.70. The fraction of sp³-hybridized carbons (Fsp3) is 0.115. The summed E-state index contributed by atoms with van der Waals surface area (Å²) < 4.78 is 20.7. The number of aromatic hydroxyl groups is 1. The van der Waals surface area contributed by atoms with Gasteiger partial charge in [-0.2, -0.15) is 9.78 Å². The first kappa shape index (κ1) is 25.0. The van der Waals surface area contributed by atoms with Crippen LogP contribution in [0.15, 0.2) is 70.4 Å². The minimum Gasteiger partial charge on any atom is -0.507 e. The Bertz CT molecular complexity index is 1630. The first-order valence-corrected chi connectivity index (χ1v) is 10.9. The van der Waals surface area contributed by atoms with Crippen LogP contribution in [-0.4, -0.2) is 36.3 Å². The zero-order chi connectivity index (χ0) is 26.9. The molecule has 0 aliphatic heterocycles. The summed E-state index contributed by atoms with van der Waals surface area (Å²) in [6.45, 7) is 2.60. The highest BCUT2D eigenvalue weighted by Gasteiger charge is 2.18. The fourth-order valence-electron chi connectivity index (χ4n) is 3.74. The number of hydrogen-bond acceptors (Lipinski definition) is 7. The van der Waals surface area contributed by atoms with Gasteiger partial charge in [-0.25, -0.2) is 13.8 Å². The standard InChI is InChI=1S/C26H20FN3O7/c1-14-9-18(30-26(36)29(13-23(33)34)22(32)12-28-30)10-15(2)25(14)37-19-7-8-21(31)20(11-19)24(35)16-3-5-17(27)6-4-16/h3-12,31H,13H2,1-2H3,(H,33,34). The number of carbonyl (C=O) groups excluding carboxylic acids is 1. The van der Waals surface area contributed by atoms with Crippen molar-refractivity contribution in [1.82, 2.24) is 14.3 Å². The number of carbonyl (C=O) groups is 2. The van der Waals surface area contributed by atoms with Gasteiger partial charge in [0.2, 0.25) is 0 Å². The van der Waals surface area contributed by atoms with E-state index < -0.39 is 35.4 Å². The molecule has 4 aromatic rings. The molecule has 1 aromatic heterocycles. The van der Waals surface area contributed by atoms with Crippen LogP contribution in [0.3, 0.4) is 0 Å². The maximum atomic E-state index is 13.2. The number of carboxylic acids is 1. The molecule has 188 valence electrons. The number of hydrogen-bond donors (Lipinski definition) is 2. The molecule has 11 heteroatoms. The monoisotopic (exact) mass is 505 g/mol. The highest BCUT2D eigenvalue weighted by Crippen LogP contribution is 2.33. The summed E-state index contributed by atoms with van der Waals surface area (Å²) in [5.74, 6) is -1.99. The number of ketones is 1. The summed E-state index contributed by atoms with van der Waals surface area (Å²) in [6, 6.07) is 12.2. The Morgan fingerprint density at radius 1 is 1.00 bits per heavy atom. The minimum absolute atomic E-state index is 0.0347. The van der Waals surface area contributed by atoms with E-state index in [1.165, 1.54) is 30.3 Å². The van der Waals surface area contributed by atoms with Gasteiger partial charge in [-0.05, 0) is 79.6 Å². The van der Waals surface area contributed by atoms with E-state index in [4.69, 9.17) is 9.84 Å². The molecular weight excluding hydrogens is 485 g/mol. The zero-order valence-corrected chi connectivity index (χ0v) is 19.6. The fourth-order valence-corrected chi connectivity index (χ4v) is 3.74. The van der Waals surface area contributed by atoms with Crippen molar-refractivity contribution in [2.45, 2.75) is 20.4 Å². The number of aryl methyl sites for hydroxylation is 2. The van der Waals surface area contributed by atoms with Gasteiger partial charge in [0, 0.05) is 5.56 Å². The van der Waals surface area contributed by atoms with Gasteiger partial charge >= 0.3 is 11.7 Å². The smallest absolute Gasteiger partial charge is 0.352 e. The van der Waals surface area contributed by atoms with Crippen LogP contribution in [0.2, 0.25) is 0 Å². The molecule has 0 radical (unpaired) electrons. The van der Waals surface area contributed by atoms with Crippen molar-refractivity contribution in [3.05, 3.63) is 110 Å². The van der Waals surface area contributed by atoms with E-state index in [1.807, 2.05) is 0 Å². The molecule has 1 heterocycles. The third-order valence-corrected chi connectivity index (χ3v) is 5.48. The molecule has 10 nitrogen and oxygen atoms in total. The van der Waals surface area contributed by atoms with Crippen LogP contribution in [0.25, 0.3) is 5.69 Å². The molecule has 0 saturated heterocycles. The quantitative estimate of drug-likeness (QED) is 0.365. The number of aromatic nitrogens is 3. The lowest BCUT2D eigenvalue weighted by atomic mass is 10.0. The Hall–Kier alpha value is -5.06. The van der Waals surface area contributed by atoms with E-state index in [1.54, 1.807) is 26.0 Å². The lowest BCUT2D eigenvalue weighted by Gasteiger charge is -2.15. The molecule has 0 fully saturated rings. The molecule has 0 aliphatic rings. The van der Waals surface area contributed by atoms with Gasteiger partial charge in [0.1, 0.15) is 35.8 Å². The molecule has 0 amide bonds. The van der Waals surface area contributed by atoms with E-state index in [0.29, 0.717) is 21.4 Å². The SMILES string of the molecule is Cc1cc(-n2ncc(=O)n(CC(=O)O)c2=O)cc(C)c1Oc1ccc(O)c(C(=O)c2ccc(F)cc2)c1. The molecule has 2 N–H and O–H groups in total. The summed E-state index contributed by atoms with van der Waals surface area (Å²) in [5.41, 5.74) is -0.178. The summed E-state index contributed by atoms with van der Waals surface area (Å²) in [5, 5.41) is 23.1. The van der Waals surface area contributed by atoms with E-state index in [-0.39, 0.29) is 28.3 Å². The Labute approximate surface area is 208 Å². The molecule has 3 aromatic carbocycles. The molecule has 0 unspecified atom stereocenters. The first-order chi connectivity index (χ1) is 17.5. The highest BCUT2D eigenvalue weighted by molar-refractivity contribution is 6.10. The molecule has 0 spiro atoms. The number of benzene rings is 3. The van der Waals surface area contributed by atoms with Gasteiger partial charge in [0.25, 0.3) is 5.56 Å². The van der Waals surface area contributed by atoms with Crippen LogP contribution >= 0.6 is 0 Å². The Balaban J connectivity index is 1.68. The summed E-state index contributed by atoms with van der Waals surface area (Å²) in [6.07, 6.45) is 0.857. The second-order valence-electron chi connectivity index (χ2n) is 8.18. The number of carboxylic acid groups (broad SMARTS) is 1. The number of nitrogens with zero attached hydrogens (tertiary/aromatic N) is 3. The van der Waals surface area contributed by atoms with Gasteiger partial charge < -0.3 is 14.9 Å². The summed E-state index contributed by atoms with van der Waals surface area (Å²) >= 11 is 0. The van der Waals surface area contributed by atoms with Crippen molar-refractivity contribution in [3.8, 4) is 22.9 Å². The summed E-state index contributed by atoms with van der Waals surface area (Å²) in [4.78, 5) is 48.4. The average Bonchev–Trinajstić information content (AvgIpc) is 2.85. The van der Waals surface area contributed by atoms with E-state index in [2.05, 4.69) is 5.10 Å². The van der Waals surface area contributed by atoms with E-state index >= 15 is 0 Å². The van der Waals surface area contributed by atoms with Crippen molar-refractivity contribution in [2.24, 2.45) is 0 Å². The van der Waals surface area contributed by atoms with Crippen LogP contribution in [0, 0.1) is 19.7 Å². The molecule has 0 aliphatic carbocycles. The van der Waals surface area contributed by atoms with Crippen LogP contribution in [0.5, 0.6) is 17.2 Å². The second-order valence-corrected chi connectivity index (χ2v) is 8.18. The van der Waals surface area contributed by atoms with Gasteiger partial charge in [-0.3, -0.25) is 14.4 Å². The van der Waals surface area contributed by atoms with Gasteiger partial charge in [-0.1, -0.05) is 0 Å². The molecule has 37 heavy (non-hydrogen) atoms. The van der Waals surface area contributed by atoms with Crippen molar-refractivity contribution in [1.29, 1.82) is 0 Å². The van der Waals surface area contributed by atoms with Gasteiger partial charge in [0.05, 0.1) is 11.3 Å². The zero-order valence-electron chi connectivity index (χ0n) is 19.6. The predicted octanol–water partition coefficient (Wildman–Crippen LogP) is 2.96. The van der Waals surface area contributed by atoms with Crippen molar-refractivity contribution in [2.75, 3.05) is 0 Å². The van der Waals surface area contributed by atoms with Crippen LogP contribution in [0.4, 0.5) is 4.39 Å². The van der Waals surface area contributed by atoms with Gasteiger partial charge in [-0.15, -0.1) is 0 Å². The predicted molar refractivity (Wildman–Crippen MR) is 129 cm³/mol. The van der Waals surface area contributed by atoms with E-state index in [0.717, 1.165) is 23.0 Å². The largest absolute Gasteiger partial charge is 0.507 e.